The molecule has 4 aromatic rings. The second-order valence-electron chi connectivity index (χ2n) is 8.59. The number of carbonyl (C=O) groups is 2. The third-order valence-electron chi connectivity index (χ3n) is 6.13. The average Bonchev–Trinajstić information content (AvgIpc) is 3.44. The van der Waals surface area contributed by atoms with E-state index < -0.39 is 12.1 Å². The first-order valence-electron chi connectivity index (χ1n) is 11.9. The van der Waals surface area contributed by atoms with E-state index in [0.717, 1.165) is 61.2 Å². The molecule has 0 bridgehead atoms. The second kappa shape index (κ2) is 11.6. The lowest BCUT2D eigenvalue weighted by Gasteiger charge is -2.26. The van der Waals surface area contributed by atoms with Crippen LogP contribution in [0, 0.1) is 0 Å². The molecule has 1 aliphatic heterocycles. The number of hydrogen-bond donors (Lipinski definition) is 2. The monoisotopic (exact) mass is 532 g/mol. The molecule has 4 heterocycles. The number of fused-ring (bicyclic) bond motifs is 3. The third kappa shape index (κ3) is 5.94. The quantitative estimate of drug-likeness (QED) is 0.367. The van der Waals surface area contributed by atoms with Crippen molar-refractivity contribution in [3.63, 3.8) is 0 Å². The van der Waals surface area contributed by atoms with Crippen LogP contribution >= 0.6 is 0 Å². The van der Waals surface area contributed by atoms with Gasteiger partial charge in [0.2, 0.25) is 5.95 Å². The number of morpholine rings is 1. The zero-order valence-electron chi connectivity index (χ0n) is 20.6. The van der Waals surface area contributed by atoms with Crippen LogP contribution in [0.25, 0.3) is 27.9 Å². The maximum atomic E-state index is 13.2. The van der Waals surface area contributed by atoms with Crippen LogP contribution in [-0.4, -0.2) is 86.6 Å². The van der Waals surface area contributed by atoms with Crippen molar-refractivity contribution in [2.45, 2.75) is 12.6 Å². The molecule has 1 amide bonds. The smallest absolute Gasteiger partial charge is 0.475 e. The van der Waals surface area contributed by atoms with E-state index in [-0.39, 0.29) is 5.91 Å². The molecule has 38 heavy (non-hydrogen) atoms. The zero-order valence-corrected chi connectivity index (χ0v) is 20.6. The van der Waals surface area contributed by atoms with Crippen LogP contribution in [0.2, 0.25) is 0 Å². The number of ether oxygens (including phenoxy) is 1. The molecule has 5 rings (SSSR count). The Hall–Kier alpha value is -3.97. The fourth-order valence-corrected chi connectivity index (χ4v) is 4.31. The van der Waals surface area contributed by atoms with Gasteiger partial charge in [0.05, 0.1) is 29.8 Å². The highest BCUT2D eigenvalue weighted by Gasteiger charge is 2.38. The predicted molar refractivity (Wildman–Crippen MR) is 133 cm³/mol. The Morgan fingerprint density at radius 1 is 1.08 bits per heavy atom. The molecule has 1 fully saturated rings. The van der Waals surface area contributed by atoms with E-state index in [1.165, 1.54) is 0 Å². The van der Waals surface area contributed by atoms with Gasteiger partial charge in [0.15, 0.2) is 0 Å². The number of carbonyl (C=O) groups excluding carboxylic acids is 1. The largest absolute Gasteiger partial charge is 0.490 e. The van der Waals surface area contributed by atoms with Gasteiger partial charge in [0.1, 0.15) is 5.69 Å². The summed E-state index contributed by atoms with van der Waals surface area (Å²) in [4.78, 5) is 33.3. The molecule has 202 valence electrons. The molecule has 0 saturated carbocycles. The second-order valence-corrected chi connectivity index (χ2v) is 8.59. The minimum Gasteiger partial charge on any atom is -0.475 e. The Kier molecular flexibility index (Phi) is 8.27. The maximum Gasteiger partial charge on any atom is 0.490 e. The Bertz CT molecular complexity index is 1410. The number of aromatic nitrogens is 4. The Balaban J connectivity index is 0.000000426. The Morgan fingerprint density at radius 2 is 1.74 bits per heavy atom. The van der Waals surface area contributed by atoms with Crippen LogP contribution in [0.3, 0.4) is 0 Å². The minimum atomic E-state index is -5.08. The molecule has 13 heteroatoms. The van der Waals surface area contributed by atoms with Crippen LogP contribution in [0.1, 0.15) is 16.9 Å². The maximum absolute atomic E-state index is 13.2. The number of benzene rings is 1. The van der Waals surface area contributed by atoms with Crippen LogP contribution in [-0.2, 0) is 16.6 Å². The molecule has 3 aromatic heterocycles. The molecule has 0 radical (unpaired) electrons. The summed E-state index contributed by atoms with van der Waals surface area (Å²) < 4.78 is 41.1. The highest BCUT2D eigenvalue weighted by molar-refractivity contribution is 6.10. The average molecular weight is 533 g/mol. The van der Waals surface area contributed by atoms with E-state index in [1.807, 2.05) is 29.8 Å². The minimum absolute atomic E-state index is 0.116. The predicted octanol–water partition coefficient (Wildman–Crippen LogP) is 3.00. The summed E-state index contributed by atoms with van der Waals surface area (Å²) >= 11 is 0. The molecule has 0 spiro atoms. The van der Waals surface area contributed by atoms with Gasteiger partial charge >= 0.3 is 12.1 Å². The van der Waals surface area contributed by atoms with Gasteiger partial charge in [0.25, 0.3) is 5.91 Å². The molecular weight excluding hydrogens is 505 g/mol. The molecular formula is C25H27F3N6O4. The number of aliphatic carboxylic acids is 1. The van der Waals surface area contributed by atoms with Crippen molar-refractivity contribution in [1.82, 2.24) is 29.3 Å². The fraction of sp³-hybridized carbons (Fsp3) is 0.360. The van der Waals surface area contributed by atoms with Gasteiger partial charge in [-0.3, -0.25) is 14.3 Å². The van der Waals surface area contributed by atoms with Gasteiger partial charge in [-0.05, 0) is 31.2 Å². The van der Waals surface area contributed by atoms with E-state index in [2.05, 4.69) is 36.9 Å². The van der Waals surface area contributed by atoms with E-state index in [1.54, 1.807) is 18.5 Å². The first-order chi connectivity index (χ1) is 18.2. The van der Waals surface area contributed by atoms with Crippen LogP contribution < -0.4 is 5.32 Å². The summed E-state index contributed by atoms with van der Waals surface area (Å²) in [5, 5.41) is 11.3. The molecule has 0 unspecified atom stereocenters. The van der Waals surface area contributed by atoms with Gasteiger partial charge in [-0.2, -0.15) is 13.2 Å². The number of nitrogens with zero attached hydrogens (tertiary/aromatic N) is 5. The van der Waals surface area contributed by atoms with Crippen molar-refractivity contribution >= 4 is 33.8 Å². The number of alkyl halides is 3. The van der Waals surface area contributed by atoms with Crippen molar-refractivity contribution in [2.75, 3.05) is 39.4 Å². The number of halogens is 3. The van der Waals surface area contributed by atoms with E-state index in [0.29, 0.717) is 18.2 Å². The van der Waals surface area contributed by atoms with Gasteiger partial charge in [-0.25, -0.2) is 14.8 Å². The van der Waals surface area contributed by atoms with Crippen molar-refractivity contribution < 1.29 is 32.6 Å². The van der Waals surface area contributed by atoms with Gasteiger partial charge < -0.3 is 19.7 Å². The number of nitrogens with one attached hydrogen (secondary N) is 1. The summed E-state index contributed by atoms with van der Waals surface area (Å²) in [5.41, 5.74) is 3.58. The van der Waals surface area contributed by atoms with Crippen molar-refractivity contribution in [3.05, 3.63) is 54.5 Å². The number of rotatable bonds is 6. The van der Waals surface area contributed by atoms with Gasteiger partial charge in [0, 0.05) is 44.5 Å². The molecule has 1 aliphatic rings. The van der Waals surface area contributed by atoms with Crippen LogP contribution in [0.5, 0.6) is 0 Å². The lowest BCUT2D eigenvalue weighted by atomic mass is 10.2. The van der Waals surface area contributed by atoms with Crippen molar-refractivity contribution in [2.24, 2.45) is 7.05 Å². The number of aryl methyl sites for hydroxylation is 1. The molecule has 1 aromatic carbocycles. The molecule has 10 nitrogen and oxygen atoms in total. The summed E-state index contributed by atoms with van der Waals surface area (Å²) in [6.45, 7) is 5.07. The lowest BCUT2D eigenvalue weighted by Crippen LogP contribution is -2.38. The summed E-state index contributed by atoms with van der Waals surface area (Å²) in [6, 6.07) is 11.9. The number of hydrogen-bond acceptors (Lipinski definition) is 6. The van der Waals surface area contributed by atoms with E-state index in [9.17, 15) is 18.0 Å². The van der Waals surface area contributed by atoms with Crippen LogP contribution in [0.15, 0.2) is 48.8 Å². The standard InChI is InChI=1S/C23H26N6O2.C2HF3O2/c1-27-18-7-3-2-6-17(18)21-19(27)16-20(29(21)23-25-8-4-9-26-23)22(30)24-10-5-11-28-12-14-31-15-13-28;3-2(4,5)1(6)7/h2-4,6-9,16H,5,10-15H2,1H3,(H,24,30);(H,6,7). The number of amides is 1. The summed E-state index contributed by atoms with van der Waals surface area (Å²) in [5.74, 6) is -2.38. The molecule has 1 saturated heterocycles. The van der Waals surface area contributed by atoms with Gasteiger partial charge in [-0.15, -0.1) is 0 Å². The Labute approximate surface area is 215 Å². The first-order valence-corrected chi connectivity index (χ1v) is 11.9. The number of carboxylic acid groups (broad SMARTS) is 1. The normalized spacial score (nSPS) is 14.3. The van der Waals surface area contributed by atoms with Crippen molar-refractivity contribution in [3.8, 4) is 5.95 Å². The summed E-state index contributed by atoms with van der Waals surface area (Å²) in [6.07, 6.45) is -0.788. The Morgan fingerprint density at radius 3 is 2.39 bits per heavy atom. The number of para-hydroxylation sites is 1. The highest BCUT2D eigenvalue weighted by Crippen LogP contribution is 2.32. The SMILES string of the molecule is Cn1c2ccccc2c2c1cc(C(=O)NCCCN1CCOCC1)n2-c1ncccn1.O=C(O)C(F)(F)F. The summed E-state index contributed by atoms with van der Waals surface area (Å²) in [7, 11) is 2.02. The van der Waals surface area contributed by atoms with E-state index in [4.69, 9.17) is 14.6 Å². The molecule has 0 aliphatic carbocycles. The molecule has 2 N–H and O–H groups in total. The first kappa shape index (κ1) is 27.1. The lowest BCUT2D eigenvalue weighted by molar-refractivity contribution is -0.192. The van der Waals surface area contributed by atoms with E-state index >= 15 is 0 Å². The zero-order chi connectivity index (χ0) is 27.3. The third-order valence-corrected chi connectivity index (χ3v) is 6.13. The van der Waals surface area contributed by atoms with Gasteiger partial charge in [-0.1, -0.05) is 18.2 Å². The molecule has 0 atom stereocenters. The van der Waals surface area contributed by atoms with Crippen LogP contribution in [0.4, 0.5) is 13.2 Å². The fourth-order valence-electron chi connectivity index (χ4n) is 4.31. The van der Waals surface area contributed by atoms with Crippen molar-refractivity contribution in [1.29, 1.82) is 0 Å². The highest BCUT2D eigenvalue weighted by atomic mass is 19.4. The number of carboxylic acids is 1. The topological polar surface area (TPSA) is 115 Å².